The topological polar surface area (TPSA) is 97.1 Å². The Morgan fingerprint density at radius 1 is 1.39 bits per heavy atom. The van der Waals surface area contributed by atoms with Crippen LogP contribution in [0.3, 0.4) is 0 Å². The fourth-order valence-corrected chi connectivity index (χ4v) is 3.67. The van der Waals surface area contributed by atoms with Gasteiger partial charge in [0.05, 0.1) is 6.54 Å². The predicted molar refractivity (Wildman–Crippen MR) is 65.4 cm³/mol. The number of nitrogens with one attached hydrogen (secondary N) is 2. The second-order valence-electron chi connectivity index (χ2n) is 3.42. The van der Waals surface area contributed by atoms with E-state index in [0.717, 1.165) is 11.3 Å². The first-order valence-electron chi connectivity index (χ1n) is 5.10. The number of rotatable bonds is 6. The van der Waals surface area contributed by atoms with Crippen LogP contribution < -0.4 is 10.0 Å². The van der Waals surface area contributed by atoms with Gasteiger partial charge in [-0.3, -0.25) is 0 Å². The smallest absolute Gasteiger partial charge is 0.250 e. The minimum atomic E-state index is -3.51. The minimum absolute atomic E-state index is 0.0120. The molecule has 0 saturated heterocycles. The zero-order chi connectivity index (χ0) is 13.0. The summed E-state index contributed by atoms with van der Waals surface area (Å²) in [5.41, 5.74) is 0. The summed E-state index contributed by atoms with van der Waals surface area (Å²) < 4.78 is 31.1. The lowest BCUT2D eigenvalue weighted by Crippen LogP contribution is -2.22. The first kappa shape index (κ1) is 13.1. The highest BCUT2D eigenvalue weighted by atomic mass is 32.2. The molecule has 0 bridgehead atoms. The summed E-state index contributed by atoms with van der Waals surface area (Å²) >= 11 is 1.22. The molecule has 0 aliphatic heterocycles. The largest absolute Gasteiger partial charge is 0.343 e. The molecule has 0 spiro atoms. The third kappa shape index (κ3) is 3.13. The van der Waals surface area contributed by atoms with Crippen LogP contribution in [0, 0.1) is 0 Å². The molecule has 7 nitrogen and oxygen atoms in total. The predicted octanol–water partition coefficient (Wildman–Crippen LogP) is 0.329. The Balaban J connectivity index is 2.05. The number of nitrogens with zero attached hydrogens (tertiary/aromatic N) is 2. The van der Waals surface area contributed by atoms with Gasteiger partial charge < -0.3 is 9.84 Å². The number of thiophene rings is 1. The quantitative estimate of drug-likeness (QED) is 0.795. The summed E-state index contributed by atoms with van der Waals surface area (Å²) in [5.74, 6) is 0.297. The van der Waals surface area contributed by atoms with Gasteiger partial charge in [-0.2, -0.15) is 4.98 Å². The Labute approximate surface area is 108 Å². The molecule has 0 saturated carbocycles. The van der Waals surface area contributed by atoms with Gasteiger partial charge in [0, 0.05) is 11.4 Å². The summed E-state index contributed by atoms with van der Waals surface area (Å²) in [6.45, 7) is 0.656. The molecule has 0 unspecified atom stereocenters. The van der Waals surface area contributed by atoms with E-state index in [2.05, 4.69) is 24.7 Å². The van der Waals surface area contributed by atoms with Crippen molar-refractivity contribution in [2.24, 2.45) is 0 Å². The highest BCUT2D eigenvalue weighted by Gasteiger charge is 2.17. The molecule has 2 N–H and O–H groups in total. The molecule has 2 aromatic heterocycles. The van der Waals surface area contributed by atoms with Crippen molar-refractivity contribution >= 4 is 21.4 Å². The number of hydrogen-bond donors (Lipinski definition) is 2. The zero-order valence-electron chi connectivity index (χ0n) is 9.58. The van der Waals surface area contributed by atoms with E-state index in [0.29, 0.717) is 12.4 Å². The van der Waals surface area contributed by atoms with E-state index in [4.69, 9.17) is 0 Å². The number of aromatic nitrogens is 2. The van der Waals surface area contributed by atoms with Crippen LogP contribution in [0.1, 0.15) is 10.7 Å². The van der Waals surface area contributed by atoms with Crippen molar-refractivity contribution in [3.63, 3.8) is 0 Å². The van der Waals surface area contributed by atoms with Crippen LogP contribution in [0.15, 0.2) is 27.3 Å². The molecule has 0 radical (unpaired) electrons. The summed E-state index contributed by atoms with van der Waals surface area (Å²) in [6.07, 6.45) is 1.15. The van der Waals surface area contributed by atoms with Gasteiger partial charge in [0.2, 0.25) is 16.4 Å². The Morgan fingerprint density at radius 3 is 2.89 bits per heavy atom. The highest BCUT2D eigenvalue weighted by molar-refractivity contribution is 7.91. The summed E-state index contributed by atoms with van der Waals surface area (Å²) in [4.78, 5) is 4.69. The van der Waals surface area contributed by atoms with E-state index in [1.165, 1.54) is 11.3 Å². The molecule has 18 heavy (non-hydrogen) atoms. The minimum Gasteiger partial charge on any atom is -0.343 e. The van der Waals surface area contributed by atoms with E-state index in [1.54, 1.807) is 12.1 Å². The molecule has 0 aliphatic carbocycles. The monoisotopic (exact) mass is 288 g/mol. The maximum Gasteiger partial charge on any atom is 0.250 e. The van der Waals surface area contributed by atoms with Crippen LogP contribution in [0.25, 0.3) is 0 Å². The van der Waals surface area contributed by atoms with Crippen molar-refractivity contribution in [1.82, 2.24) is 20.2 Å². The van der Waals surface area contributed by atoms with E-state index < -0.39 is 10.0 Å². The average Bonchev–Trinajstić information content (AvgIpc) is 2.98. The normalized spacial score (nSPS) is 11.8. The van der Waals surface area contributed by atoms with E-state index in [1.807, 2.05) is 7.05 Å². The van der Waals surface area contributed by atoms with E-state index >= 15 is 0 Å². The van der Waals surface area contributed by atoms with Gasteiger partial charge in [-0.05, 0) is 19.2 Å². The van der Waals surface area contributed by atoms with Crippen molar-refractivity contribution in [2.45, 2.75) is 17.3 Å². The van der Waals surface area contributed by atoms with Crippen LogP contribution in [0.2, 0.25) is 0 Å². The van der Waals surface area contributed by atoms with Gasteiger partial charge in [0.1, 0.15) is 4.21 Å². The second kappa shape index (κ2) is 5.57. The van der Waals surface area contributed by atoms with Gasteiger partial charge in [0.15, 0.2) is 5.82 Å². The number of hydrogen-bond acceptors (Lipinski definition) is 7. The van der Waals surface area contributed by atoms with Crippen LogP contribution in [0.5, 0.6) is 0 Å². The highest BCUT2D eigenvalue weighted by Crippen LogP contribution is 2.21. The van der Waals surface area contributed by atoms with Crippen LogP contribution >= 0.6 is 11.3 Å². The number of sulfonamides is 1. The molecule has 2 rings (SSSR count). The van der Waals surface area contributed by atoms with Crippen LogP contribution in [0.4, 0.5) is 0 Å². The van der Waals surface area contributed by atoms with E-state index in [9.17, 15) is 8.42 Å². The average molecular weight is 288 g/mol. The third-order valence-electron chi connectivity index (χ3n) is 2.08. The Hall–Kier alpha value is -1.29. The lowest BCUT2D eigenvalue weighted by molar-refractivity contribution is 0.409. The molecule has 0 fully saturated rings. The van der Waals surface area contributed by atoms with Crippen molar-refractivity contribution in [3.05, 3.63) is 29.2 Å². The fraction of sp³-hybridized carbons (Fsp3) is 0.333. The fourth-order valence-electron chi connectivity index (χ4n) is 1.27. The standard InChI is InChI=1S/C9H12N4O3S2/c1-10-4-7-2-3-9(17-7)18(14,15)12-5-8-11-6-16-13-8/h2-3,6,10,12H,4-5H2,1H3. The Morgan fingerprint density at radius 2 is 2.22 bits per heavy atom. The molecular weight excluding hydrogens is 276 g/mol. The molecule has 9 heteroatoms. The van der Waals surface area contributed by atoms with Crippen molar-refractivity contribution < 1.29 is 12.9 Å². The lowest BCUT2D eigenvalue weighted by atomic mass is 10.5. The molecule has 0 amide bonds. The third-order valence-corrected chi connectivity index (χ3v) is 5.06. The lowest BCUT2D eigenvalue weighted by Gasteiger charge is -2.01. The van der Waals surface area contributed by atoms with Crippen LogP contribution in [-0.4, -0.2) is 25.6 Å². The second-order valence-corrected chi connectivity index (χ2v) is 6.59. The van der Waals surface area contributed by atoms with Gasteiger partial charge >= 0.3 is 0 Å². The van der Waals surface area contributed by atoms with Crippen molar-refractivity contribution in [3.8, 4) is 0 Å². The van der Waals surface area contributed by atoms with Crippen molar-refractivity contribution in [2.75, 3.05) is 7.05 Å². The van der Waals surface area contributed by atoms with Gasteiger partial charge in [0.25, 0.3) is 0 Å². The Bertz CT molecular complexity index is 591. The molecule has 0 aliphatic rings. The molecule has 0 atom stereocenters. The molecule has 98 valence electrons. The molecule has 2 aromatic rings. The first-order chi connectivity index (χ1) is 8.62. The Kier molecular flexibility index (Phi) is 4.07. The van der Waals surface area contributed by atoms with Crippen LogP contribution in [-0.2, 0) is 23.1 Å². The summed E-state index contributed by atoms with van der Waals surface area (Å²) in [5, 5.41) is 6.49. The summed E-state index contributed by atoms with van der Waals surface area (Å²) in [6, 6.07) is 3.36. The van der Waals surface area contributed by atoms with Gasteiger partial charge in [-0.1, -0.05) is 5.16 Å². The maximum atomic E-state index is 11.9. The van der Waals surface area contributed by atoms with E-state index in [-0.39, 0.29) is 10.8 Å². The first-order valence-corrected chi connectivity index (χ1v) is 7.40. The maximum absolute atomic E-state index is 11.9. The SMILES string of the molecule is CNCc1ccc(S(=O)(=O)NCc2ncon2)s1. The molecule has 2 heterocycles. The van der Waals surface area contributed by atoms with Gasteiger partial charge in [-0.25, -0.2) is 13.1 Å². The van der Waals surface area contributed by atoms with Gasteiger partial charge in [-0.15, -0.1) is 11.3 Å². The molecular formula is C9H12N4O3S2. The zero-order valence-corrected chi connectivity index (χ0v) is 11.2. The summed E-state index contributed by atoms with van der Waals surface area (Å²) in [7, 11) is -1.71. The molecule has 0 aromatic carbocycles. The van der Waals surface area contributed by atoms with Crippen molar-refractivity contribution in [1.29, 1.82) is 0 Å².